The Balaban J connectivity index is 0.000000199. The number of nitrogens with zero attached hydrogens (tertiary/aromatic N) is 2. The molecule has 2 aromatic heterocycles. The van der Waals surface area contributed by atoms with Crippen LogP contribution >= 0.6 is 22.7 Å². The van der Waals surface area contributed by atoms with Crippen molar-refractivity contribution in [2.24, 2.45) is 0 Å². The summed E-state index contributed by atoms with van der Waals surface area (Å²) in [6, 6.07) is 16.8. The highest BCUT2D eigenvalue weighted by molar-refractivity contribution is 7.16. The Morgan fingerprint density at radius 3 is 1.67 bits per heavy atom. The van der Waals surface area contributed by atoms with Crippen LogP contribution < -0.4 is 0 Å². The molecule has 0 aliphatic carbocycles. The number of benzene rings is 2. The van der Waals surface area contributed by atoms with Gasteiger partial charge in [0, 0.05) is 30.5 Å². The van der Waals surface area contributed by atoms with Crippen LogP contribution in [0.1, 0.15) is 87.0 Å². The van der Waals surface area contributed by atoms with E-state index in [9.17, 15) is 4.79 Å². The van der Waals surface area contributed by atoms with Crippen LogP contribution in [0.5, 0.6) is 0 Å². The molecule has 0 spiro atoms. The van der Waals surface area contributed by atoms with Gasteiger partial charge in [0.1, 0.15) is 14.9 Å². The van der Waals surface area contributed by atoms with Gasteiger partial charge in [-0.1, -0.05) is 90.1 Å². The molecule has 0 unspecified atom stereocenters. The van der Waals surface area contributed by atoms with Crippen LogP contribution in [0.4, 0.5) is 0 Å². The molecular weight excluding hydrogens is 565 g/mol. The van der Waals surface area contributed by atoms with Gasteiger partial charge in [-0.2, -0.15) is 0 Å². The van der Waals surface area contributed by atoms with Gasteiger partial charge in [0.25, 0.3) is 0 Å². The van der Waals surface area contributed by atoms with Crippen molar-refractivity contribution in [1.29, 1.82) is 0 Å². The lowest BCUT2D eigenvalue weighted by Gasteiger charge is -2.18. The first-order chi connectivity index (χ1) is 19.9. The van der Waals surface area contributed by atoms with Crippen molar-refractivity contribution in [3.8, 4) is 21.1 Å². The second-order valence-electron chi connectivity index (χ2n) is 12.0. The van der Waals surface area contributed by atoms with Gasteiger partial charge >= 0.3 is 5.97 Å². The van der Waals surface area contributed by atoms with Crippen molar-refractivity contribution >= 4 is 28.6 Å². The standard InChI is InChI=1S/C16H19NO2S.C14H17NOS.C4H8O/c1-5-19-15(18)13-10-17-14(20-13)11-6-8-12(9-7-11)16(2,3)4;1-14(2,3)11-6-4-10(5-7-11)13-15-8-12(9-16)17-13;1-2-4-5-3-1/h6-10H,5H2,1-4H3;4-8,16H,9H2,1-3H3;1-4H2. The van der Waals surface area contributed by atoms with Gasteiger partial charge in [0.05, 0.1) is 24.3 Å². The molecule has 0 amide bonds. The average molecular weight is 609 g/mol. The Hall–Kier alpha value is -2.91. The first kappa shape index (κ1) is 33.6. The van der Waals surface area contributed by atoms with Crippen molar-refractivity contribution < 1.29 is 19.4 Å². The smallest absolute Gasteiger partial charge is 0.349 e. The third kappa shape index (κ3) is 10.1. The summed E-state index contributed by atoms with van der Waals surface area (Å²) < 4.78 is 9.92. The monoisotopic (exact) mass is 608 g/mol. The van der Waals surface area contributed by atoms with E-state index in [1.54, 1.807) is 19.3 Å². The molecule has 1 aliphatic rings. The molecule has 8 heteroatoms. The zero-order chi connectivity index (χ0) is 30.8. The fourth-order valence-corrected chi connectivity index (χ4v) is 5.55. The Morgan fingerprint density at radius 2 is 1.29 bits per heavy atom. The zero-order valence-corrected chi connectivity index (χ0v) is 27.5. The number of carbonyl (C=O) groups is 1. The molecule has 226 valence electrons. The van der Waals surface area contributed by atoms with E-state index in [-0.39, 0.29) is 23.4 Å². The van der Waals surface area contributed by atoms with Crippen LogP contribution in [0.3, 0.4) is 0 Å². The molecule has 0 atom stereocenters. The minimum Gasteiger partial charge on any atom is -0.462 e. The van der Waals surface area contributed by atoms with Crippen molar-refractivity contribution in [1.82, 2.24) is 9.97 Å². The normalized spacial score (nSPS) is 13.0. The predicted molar refractivity (Wildman–Crippen MR) is 174 cm³/mol. The minimum atomic E-state index is -0.303. The van der Waals surface area contributed by atoms with Crippen LogP contribution in [0.2, 0.25) is 0 Å². The van der Waals surface area contributed by atoms with Gasteiger partial charge < -0.3 is 14.6 Å². The van der Waals surface area contributed by atoms with Crippen molar-refractivity contribution in [2.75, 3.05) is 19.8 Å². The van der Waals surface area contributed by atoms with Crippen molar-refractivity contribution in [3.63, 3.8) is 0 Å². The number of aliphatic hydroxyl groups excluding tert-OH is 1. The number of aliphatic hydroxyl groups is 1. The average Bonchev–Trinajstić information content (AvgIpc) is 3.76. The lowest BCUT2D eigenvalue weighted by atomic mass is 9.87. The molecule has 4 aromatic rings. The Labute approximate surface area is 258 Å². The Bertz CT molecular complexity index is 1370. The van der Waals surface area contributed by atoms with Gasteiger partial charge in [-0.05, 0) is 41.7 Å². The first-order valence-electron chi connectivity index (χ1n) is 14.4. The summed E-state index contributed by atoms with van der Waals surface area (Å²) in [5.74, 6) is -0.303. The molecule has 6 nitrogen and oxygen atoms in total. The molecule has 1 fully saturated rings. The van der Waals surface area contributed by atoms with E-state index in [2.05, 4.69) is 87.9 Å². The number of ether oxygens (including phenoxy) is 2. The summed E-state index contributed by atoms with van der Waals surface area (Å²) in [6.07, 6.45) is 5.87. The highest BCUT2D eigenvalue weighted by Gasteiger charge is 2.16. The molecule has 2 aromatic carbocycles. The number of esters is 1. The fraction of sp³-hybridized carbons (Fsp3) is 0.441. The number of rotatable bonds is 5. The number of thiazole rings is 2. The summed E-state index contributed by atoms with van der Waals surface area (Å²) in [5, 5.41) is 10.8. The van der Waals surface area contributed by atoms with Crippen LogP contribution in [0.25, 0.3) is 21.1 Å². The second-order valence-corrected chi connectivity index (χ2v) is 14.2. The van der Waals surface area contributed by atoms with E-state index in [1.807, 2.05) is 12.1 Å². The maximum atomic E-state index is 11.6. The molecule has 1 saturated heterocycles. The van der Waals surface area contributed by atoms with Gasteiger partial charge in [-0.3, -0.25) is 0 Å². The largest absolute Gasteiger partial charge is 0.462 e. The van der Waals surface area contributed by atoms with E-state index in [4.69, 9.17) is 14.6 Å². The maximum absolute atomic E-state index is 11.6. The lowest BCUT2D eigenvalue weighted by molar-refractivity contribution is 0.0532. The van der Waals surface area contributed by atoms with Gasteiger partial charge in [-0.25, -0.2) is 14.8 Å². The molecule has 0 saturated carbocycles. The molecule has 1 aliphatic heterocycles. The third-order valence-electron chi connectivity index (χ3n) is 6.51. The van der Waals surface area contributed by atoms with E-state index in [1.165, 1.54) is 46.6 Å². The number of hydrogen-bond acceptors (Lipinski definition) is 8. The van der Waals surface area contributed by atoms with Crippen molar-refractivity contribution in [2.45, 2.75) is 78.7 Å². The minimum absolute atomic E-state index is 0.0672. The Morgan fingerprint density at radius 1 is 0.810 bits per heavy atom. The zero-order valence-electron chi connectivity index (χ0n) is 25.9. The number of carbonyl (C=O) groups excluding carboxylic acids is 1. The van der Waals surface area contributed by atoms with Gasteiger partial charge in [-0.15, -0.1) is 22.7 Å². The fourth-order valence-electron chi connectivity index (χ4n) is 3.95. The topological polar surface area (TPSA) is 81.5 Å². The second kappa shape index (κ2) is 15.5. The van der Waals surface area contributed by atoms with Gasteiger partial charge in [0.2, 0.25) is 0 Å². The van der Waals surface area contributed by atoms with Crippen LogP contribution in [0, 0.1) is 0 Å². The molecule has 1 N–H and O–H groups in total. The van der Waals surface area contributed by atoms with Crippen LogP contribution in [0.15, 0.2) is 60.9 Å². The Kier molecular flexibility index (Phi) is 12.4. The quantitative estimate of drug-likeness (QED) is 0.228. The highest BCUT2D eigenvalue weighted by atomic mass is 32.1. The summed E-state index contributed by atoms with van der Waals surface area (Å²) in [6.45, 7) is 17.4. The van der Waals surface area contributed by atoms with E-state index in [0.29, 0.717) is 11.5 Å². The van der Waals surface area contributed by atoms with Crippen LogP contribution in [-0.2, 0) is 26.9 Å². The van der Waals surface area contributed by atoms with Crippen molar-refractivity contribution in [3.05, 3.63) is 81.8 Å². The molecular formula is C34H44N2O4S2. The molecule has 0 radical (unpaired) electrons. The third-order valence-corrected chi connectivity index (χ3v) is 8.57. The summed E-state index contributed by atoms with van der Waals surface area (Å²) in [7, 11) is 0. The van der Waals surface area contributed by atoms with E-state index < -0.39 is 0 Å². The highest BCUT2D eigenvalue weighted by Crippen LogP contribution is 2.30. The van der Waals surface area contributed by atoms with E-state index in [0.717, 1.165) is 39.2 Å². The number of hydrogen-bond donors (Lipinski definition) is 1. The first-order valence-corrected chi connectivity index (χ1v) is 16.0. The molecule has 0 bridgehead atoms. The predicted octanol–water partition coefficient (Wildman–Crippen LogP) is 8.68. The summed E-state index contributed by atoms with van der Waals surface area (Å²) >= 11 is 2.90. The molecule has 5 rings (SSSR count). The van der Waals surface area contributed by atoms with Gasteiger partial charge in [0.15, 0.2) is 0 Å². The van der Waals surface area contributed by atoms with E-state index >= 15 is 0 Å². The summed E-state index contributed by atoms with van der Waals surface area (Å²) in [5.41, 5.74) is 5.06. The summed E-state index contributed by atoms with van der Waals surface area (Å²) in [4.78, 5) is 21.7. The lowest BCUT2D eigenvalue weighted by Crippen LogP contribution is -2.10. The maximum Gasteiger partial charge on any atom is 0.349 e. The molecule has 42 heavy (non-hydrogen) atoms. The SMILES string of the molecule is C1CCOC1.CC(C)(C)c1ccc(-c2ncc(CO)s2)cc1.CCOC(=O)c1cnc(-c2ccc(C(C)(C)C)cc2)s1. The number of aromatic nitrogens is 2. The molecule has 3 heterocycles. The van der Waals surface area contributed by atoms with Crippen LogP contribution in [-0.4, -0.2) is 40.9 Å².